The minimum atomic E-state index is -1.42. The lowest BCUT2D eigenvalue weighted by Gasteiger charge is -2.28. The third kappa shape index (κ3) is 18.8. The van der Waals surface area contributed by atoms with Crippen LogP contribution in [-0.4, -0.2) is 157 Å². The summed E-state index contributed by atoms with van der Waals surface area (Å²) in [7, 11) is 2.16. The molecule has 1 aliphatic carbocycles. The van der Waals surface area contributed by atoms with Crippen LogP contribution in [0.5, 0.6) is 0 Å². The van der Waals surface area contributed by atoms with Gasteiger partial charge in [0.15, 0.2) is 11.7 Å². The van der Waals surface area contributed by atoms with Crippen molar-refractivity contribution in [3.8, 4) is 0 Å². The molecular formula is C58H79N15O10S2. The number of benzene rings is 2. The molecule has 0 bridgehead atoms. The maximum Gasteiger partial charge on any atom is 0.325 e. The highest BCUT2D eigenvalue weighted by molar-refractivity contribution is 8.76. The normalized spacial score (nSPS) is 24.2. The van der Waals surface area contributed by atoms with Gasteiger partial charge < -0.3 is 64.0 Å². The van der Waals surface area contributed by atoms with Gasteiger partial charge in [-0.2, -0.15) is 0 Å². The van der Waals surface area contributed by atoms with Gasteiger partial charge in [-0.1, -0.05) is 122 Å². The lowest BCUT2D eigenvalue weighted by atomic mass is 9.85. The summed E-state index contributed by atoms with van der Waals surface area (Å²) in [6.45, 7) is 4.63. The van der Waals surface area contributed by atoms with Gasteiger partial charge in [-0.05, 0) is 62.6 Å². The number of unbranched alkanes of at least 4 members (excludes halogenated alkanes) is 1. The SMILES string of the molecule is CCCC[C@@H](C(=O)N[C@H]1CSSC[C@@H](C(C)=O)NC(=O)[C@H](Cc2c[nH]c3ccccc23)NC(=O)[C@H](CCCN=C(N)N)NC(=O)[C@@H](Cc2ccccc2)NC(=O)[C@H](Cc2cnc[nH]2)NC(=O)[C@@H](C)NC1=O)N1C(=O)N[C@@H](CC2CCCCC2)C1=O. The van der Waals surface area contributed by atoms with E-state index in [4.69, 9.17) is 11.5 Å². The molecule has 0 spiro atoms. The van der Waals surface area contributed by atoms with E-state index in [1.165, 1.54) is 26.4 Å². The number of hydrogen-bond acceptors (Lipinski definition) is 14. The summed E-state index contributed by atoms with van der Waals surface area (Å²) in [5.74, 6) is -6.73. The van der Waals surface area contributed by atoms with Gasteiger partial charge in [0.2, 0.25) is 41.4 Å². The minimum absolute atomic E-state index is 0.0404. The lowest BCUT2D eigenvalue weighted by molar-refractivity contribution is -0.138. The molecule has 4 heterocycles. The molecule has 2 aromatic heterocycles. The average Bonchev–Trinajstić information content (AvgIpc) is 3.31. The monoisotopic (exact) mass is 1210 g/mol. The number of para-hydroxylation sites is 1. The van der Waals surface area contributed by atoms with Crippen LogP contribution >= 0.6 is 21.6 Å². The second-order valence-corrected chi connectivity index (χ2v) is 24.4. The molecule has 0 radical (unpaired) electrons. The number of carbonyl (C=O) groups excluding carboxylic acids is 10. The molecular weight excluding hydrogens is 1130 g/mol. The van der Waals surface area contributed by atoms with Gasteiger partial charge >= 0.3 is 6.03 Å². The van der Waals surface area contributed by atoms with Crippen LogP contribution in [0.3, 0.4) is 0 Å². The third-order valence-electron chi connectivity index (χ3n) is 15.4. The van der Waals surface area contributed by atoms with Gasteiger partial charge in [-0.3, -0.25) is 48.1 Å². The second kappa shape index (κ2) is 31.8. The Bertz CT molecular complexity index is 3010. The molecule has 3 fully saturated rings. The molecule has 2 aliphatic heterocycles. The molecule has 0 unspecified atom stereocenters. The molecule has 2 saturated heterocycles. The Morgan fingerprint density at radius 3 is 2.06 bits per heavy atom. The van der Waals surface area contributed by atoms with Crippen molar-refractivity contribution in [2.75, 3.05) is 18.1 Å². The van der Waals surface area contributed by atoms with Gasteiger partial charge in [0, 0.05) is 66.3 Å². The predicted octanol–water partition coefficient (Wildman–Crippen LogP) is 1.82. The van der Waals surface area contributed by atoms with E-state index in [0.29, 0.717) is 36.1 Å². The van der Waals surface area contributed by atoms with Gasteiger partial charge in [0.25, 0.3) is 5.91 Å². The first-order valence-corrected chi connectivity index (χ1v) is 31.5. The maximum atomic E-state index is 14.8. The van der Waals surface area contributed by atoms with Crippen molar-refractivity contribution >= 4 is 97.5 Å². The number of aromatic amines is 2. The van der Waals surface area contributed by atoms with E-state index in [0.717, 1.165) is 69.5 Å². The third-order valence-corrected chi connectivity index (χ3v) is 17.8. The van der Waals surface area contributed by atoms with Crippen LogP contribution in [0.2, 0.25) is 0 Å². The number of aromatic nitrogens is 3. The average molecular weight is 1210 g/mol. The molecule has 7 rings (SSSR count). The fourth-order valence-corrected chi connectivity index (χ4v) is 13.0. The lowest BCUT2D eigenvalue weighted by Crippen LogP contribution is -2.61. The topological polar surface area (TPSA) is 379 Å². The molecule has 1 saturated carbocycles. The van der Waals surface area contributed by atoms with E-state index in [9.17, 15) is 47.9 Å². The number of hydrogen-bond donors (Lipinski definition) is 12. The molecule has 14 N–H and O–H groups in total. The highest BCUT2D eigenvalue weighted by Gasteiger charge is 2.46. The van der Waals surface area contributed by atoms with Crippen LogP contribution in [-0.2, 0) is 62.4 Å². The Morgan fingerprint density at radius 2 is 1.36 bits per heavy atom. The summed E-state index contributed by atoms with van der Waals surface area (Å²) < 4.78 is 0. The number of H-pyrrole nitrogens is 2. The first kappa shape index (κ1) is 64.6. The van der Waals surface area contributed by atoms with E-state index < -0.39 is 113 Å². The van der Waals surface area contributed by atoms with Crippen molar-refractivity contribution in [1.82, 2.24) is 62.4 Å². The van der Waals surface area contributed by atoms with Crippen LogP contribution in [0.4, 0.5) is 4.79 Å². The number of nitrogens with zero attached hydrogens (tertiary/aromatic N) is 3. The van der Waals surface area contributed by atoms with E-state index in [-0.39, 0.29) is 68.5 Å². The largest absolute Gasteiger partial charge is 0.370 e. The van der Waals surface area contributed by atoms with Gasteiger partial charge in [-0.15, -0.1) is 0 Å². The number of amides is 10. The second-order valence-electron chi connectivity index (χ2n) is 21.9. The number of imidazole rings is 1. The molecule has 85 heavy (non-hydrogen) atoms. The highest BCUT2D eigenvalue weighted by Crippen LogP contribution is 2.30. The first-order chi connectivity index (χ1) is 40.9. The molecule has 25 nitrogen and oxygen atoms in total. The number of fused-ring (bicyclic) bond motifs is 1. The molecule has 2 aromatic carbocycles. The fourth-order valence-electron chi connectivity index (χ4n) is 10.6. The number of imide groups is 1. The zero-order valence-corrected chi connectivity index (χ0v) is 49.8. The van der Waals surface area contributed by atoms with Crippen LogP contribution < -0.4 is 54.0 Å². The fraction of sp³-hybridized carbons (Fsp3) is 0.517. The molecule has 27 heteroatoms. The number of guanidine groups is 1. The Kier molecular flexibility index (Phi) is 24.2. The molecule has 4 aromatic rings. The van der Waals surface area contributed by atoms with Crippen LogP contribution in [0, 0.1) is 5.92 Å². The van der Waals surface area contributed by atoms with E-state index in [1.54, 1.807) is 36.5 Å². The van der Waals surface area contributed by atoms with E-state index in [2.05, 4.69) is 62.5 Å². The summed E-state index contributed by atoms with van der Waals surface area (Å²) in [6.07, 6.45) is 11.0. The van der Waals surface area contributed by atoms with Crippen LogP contribution in [0.1, 0.15) is 108 Å². The van der Waals surface area contributed by atoms with Crippen molar-refractivity contribution in [1.29, 1.82) is 0 Å². The predicted molar refractivity (Wildman–Crippen MR) is 323 cm³/mol. The van der Waals surface area contributed by atoms with Gasteiger partial charge in [0.1, 0.15) is 48.3 Å². The first-order valence-electron chi connectivity index (χ1n) is 29.0. The Labute approximate surface area is 501 Å². The minimum Gasteiger partial charge on any atom is -0.370 e. The Morgan fingerprint density at radius 1 is 0.718 bits per heavy atom. The van der Waals surface area contributed by atoms with Crippen molar-refractivity contribution in [2.45, 2.75) is 165 Å². The van der Waals surface area contributed by atoms with E-state index in [1.807, 2.05) is 31.2 Å². The van der Waals surface area contributed by atoms with Gasteiger partial charge in [-0.25, -0.2) is 14.7 Å². The zero-order valence-electron chi connectivity index (χ0n) is 48.1. The molecule has 458 valence electrons. The standard InChI is InChI=1S/C58H79N15O10S2/c1-4-5-22-48(73-56(82)45(72-58(73)83)25-36-17-10-7-11-18-36)55(81)71-47-31-85-84-30-46(34(3)74)70-52(78)43(26-37-28-63-40-20-13-12-19-39(37)40)69-50(76)41(21-14-23-62-57(59)60)66-51(77)42(24-35-15-8-6-9-16-35)68-53(79)44(27-38-29-61-32-64-38)67-49(75)33(2)65-54(47)80/h6,8-9,12-13,15-16,19-20,28-29,32-33,36,41-48,63H,4-5,7,10-11,14,17-18,21-27,30-31H2,1-3H3,(H,61,64)(H,65,80)(H,66,77)(H,67,75)(H,68,79)(H,69,76)(H,70,78)(H,71,81)(H,72,83)(H4,59,60,62)/t33-,41+,42-,43+,44+,45+,46+,47+,48+/m1/s1. The zero-order chi connectivity index (χ0) is 61.0. The highest BCUT2D eigenvalue weighted by atomic mass is 33.1. The summed E-state index contributed by atoms with van der Waals surface area (Å²) in [6, 6.07) is 3.93. The van der Waals surface area contributed by atoms with E-state index >= 15 is 0 Å². The van der Waals surface area contributed by atoms with Crippen molar-refractivity contribution in [2.24, 2.45) is 22.4 Å². The number of ketones is 1. The number of rotatable bonds is 19. The van der Waals surface area contributed by atoms with Crippen LogP contribution in [0.25, 0.3) is 10.9 Å². The summed E-state index contributed by atoms with van der Waals surface area (Å²) >= 11 is 0. The number of nitrogens with two attached hydrogens (primary N) is 2. The van der Waals surface area contributed by atoms with Crippen molar-refractivity contribution < 1.29 is 47.9 Å². The summed E-state index contributed by atoms with van der Waals surface area (Å²) in [5, 5.41) is 22.9. The van der Waals surface area contributed by atoms with Gasteiger partial charge in [0.05, 0.1) is 12.4 Å². The van der Waals surface area contributed by atoms with Crippen LogP contribution in [0.15, 0.2) is 78.3 Å². The number of urea groups is 1. The molecule has 9 atom stereocenters. The number of nitrogens with one attached hydrogen (secondary N) is 10. The van der Waals surface area contributed by atoms with Crippen molar-refractivity contribution in [3.63, 3.8) is 0 Å². The van der Waals surface area contributed by atoms with Crippen molar-refractivity contribution in [3.05, 3.63) is 90.1 Å². The quantitative estimate of drug-likeness (QED) is 0.0210. The summed E-state index contributed by atoms with van der Waals surface area (Å²) in [5.41, 5.74) is 13.7. The maximum absolute atomic E-state index is 14.8. The number of carbonyl (C=O) groups is 10. The number of aliphatic imine (C=N–C) groups is 1. The smallest absolute Gasteiger partial charge is 0.325 e. The number of Topliss-reactive ketones (excluding diaryl/α,β-unsaturated/α-hetero) is 1. The molecule has 10 amide bonds. The Hall–Kier alpha value is -7.94. The molecule has 3 aliphatic rings. The Balaban J connectivity index is 1.22. The summed E-state index contributed by atoms with van der Waals surface area (Å²) in [4.78, 5) is 159.